The summed E-state index contributed by atoms with van der Waals surface area (Å²) in [4.78, 5) is 17.0. The molecule has 0 radical (unpaired) electrons. The van der Waals surface area contributed by atoms with Gasteiger partial charge in [-0.2, -0.15) is 13.2 Å². The third kappa shape index (κ3) is 4.33. The molecule has 0 saturated carbocycles. The number of nitrogens with one attached hydrogen (secondary N) is 1. The highest BCUT2D eigenvalue weighted by Crippen LogP contribution is 2.38. The molecule has 3 heterocycles. The summed E-state index contributed by atoms with van der Waals surface area (Å²) in [6.07, 6.45) is -0.316. The zero-order valence-electron chi connectivity index (χ0n) is 15.8. The number of aromatic nitrogens is 4. The van der Waals surface area contributed by atoms with E-state index in [1.54, 1.807) is 18.5 Å². The van der Waals surface area contributed by atoms with E-state index in [9.17, 15) is 13.2 Å². The van der Waals surface area contributed by atoms with Crippen LogP contribution in [0.1, 0.15) is 16.7 Å². The van der Waals surface area contributed by atoms with Crippen LogP contribution in [0.3, 0.4) is 0 Å². The fraction of sp³-hybridized carbons (Fsp3) is 0.200. The Hall–Kier alpha value is -3.27. The van der Waals surface area contributed by atoms with Crippen LogP contribution in [0.5, 0.6) is 11.5 Å². The fourth-order valence-electron chi connectivity index (χ4n) is 2.93. The lowest BCUT2D eigenvalue weighted by atomic mass is 10.1. The average molecular weight is 431 g/mol. The number of halogens is 3. The van der Waals surface area contributed by atoms with Gasteiger partial charge in [0.25, 0.3) is 0 Å². The predicted molar refractivity (Wildman–Crippen MR) is 108 cm³/mol. The van der Waals surface area contributed by atoms with E-state index in [4.69, 9.17) is 4.74 Å². The van der Waals surface area contributed by atoms with Gasteiger partial charge in [-0.1, -0.05) is 12.1 Å². The van der Waals surface area contributed by atoms with Crippen LogP contribution >= 0.6 is 11.3 Å². The topological polar surface area (TPSA) is 72.8 Å². The minimum absolute atomic E-state index is 0.272. The quantitative estimate of drug-likeness (QED) is 0.449. The summed E-state index contributed by atoms with van der Waals surface area (Å²) in [6, 6.07) is 6.61. The summed E-state index contributed by atoms with van der Waals surface area (Å²) >= 11 is 1.45. The molecule has 6 nitrogen and oxygen atoms in total. The van der Waals surface area contributed by atoms with Crippen LogP contribution in [0.2, 0.25) is 0 Å². The summed E-state index contributed by atoms with van der Waals surface area (Å²) in [5.74, 6) is 0.768. The third-order valence-electron chi connectivity index (χ3n) is 4.39. The smallest absolute Gasteiger partial charge is 0.421 e. The molecule has 10 heteroatoms. The molecule has 0 aliphatic carbocycles. The SMILES string of the molecule is Cc1cc(CCNc2ncnc3scnc23)ccc1Oc1ccncc1C(F)(F)F. The molecule has 4 aromatic rings. The van der Waals surface area contributed by atoms with Gasteiger partial charge in [-0.3, -0.25) is 4.98 Å². The number of fused-ring (bicyclic) bond motifs is 1. The zero-order chi connectivity index (χ0) is 21.1. The Balaban J connectivity index is 1.43. The molecule has 1 N–H and O–H groups in total. The minimum Gasteiger partial charge on any atom is -0.456 e. The Labute approximate surface area is 173 Å². The van der Waals surface area contributed by atoms with E-state index >= 15 is 0 Å². The lowest BCUT2D eigenvalue weighted by Gasteiger charge is -2.15. The maximum Gasteiger partial charge on any atom is 0.421 e. The molecule has 0 atom stereocenters. The number of pyridine rings is 1. The number of hydrogen-bond acceptors (Lipinski definition) is 7. The highest BCUT2D eigenvalue weighted by Gasteiger charge is 2.35. The molecule has 4 rings (SSSR count). The summed E-state index contributed by atoms with van der Waals surface area (Å²) in [6.45, 7) is 2.41. The first-order valence-electron chi connectivity index (χ1n) is 8.98. The Morgan fingerprint density at radius 3 is 2.77 bits per heavy atom. The molecule has 0 amide bonds. The average Bonchev–Trinajstić information content (AvgIpc) is 3.19. The van der Waals surface area contributed by atoms with Crippen molar-refractivity contribution in [3.8, 4) is 11.5 Å². The van der Waals surface area contributed by atoms with Crippen molar-refractivity contribution in [1.82, 2.24) is 19.9 Å². The van der Waals surface area contributed by atoms with E-state index in [1.807, 2.05) is 12.1 Å². The molecule has 0 unspecified atom stereocenters. The Kier molecular flexibility index (Phi) is 5.49. The first-order chi connectivity index (χ1) is 14.4. The Morgan fingerprint density at radius 1 is 1.10 bits per heavy atom. The lowest BCUT2D eigenvalue weighted by Crippen LogP contribution is -2.08. The van der Waals surface area contributed by atoms with Gasteiger partial charge in [0.05, 0.1) is 5.51 Å². The number of alkyl halides is 3. The molecule has 154 valence electrons. The second-order valence-electron chi connectivity index (χ2n) is 6.48. The number of rotatable bonds is 6. The van der Waals surface area contributed by atoms with Gasteiger partial charge in [0.1, 0.15) is 33.7 Å². The molecular weight excluding hydrogens is 415 g/mol. The fourth-order valence-corrected chi connectivity index (χ4v) is 3.56. The molecule has 0 spiro atoms. The number of anilines is 1. The number of nitrogens with zero attached hydrogens (tertiary/aromatic N) is 4. The van der Waals surface area contributed by atoms with Gasteiger partial charge >= 0.3 is 6.18 Å². The van der Waals surface area contributed by atoms with Crippen molar-refractivity contribution in [2.75, 3.05) is 11.9 Å². The van der Waals surface area contributed by atoms with Crippen molar-refractivity contribution >= 4 is 27.5 Å². The molecule has 3 aromatic heterocycles. The summed E-state index contributed by atoms with van der Waals surface area (Å²) in [5, 5.41) is 3.25. The van der Waals surface area contributed by atoms with Gasteiger partial charge in [0.2, 0.25) is 0 Å². The van der Waals surface area contributed by atoms with Gasteiger partial charge in [0.15, 0.2) is 5.82 Å². The van der Waals surface area contributed by atoms with Crippen LogP contribution in [0, 0.1) is 6.92 Å². The third-order valence-corrected chi connectivity index (χ3v) is 5.12. The number of hydrogen-bond donors (Lipinski definition) is 1. The van der Waals surface area contributed by atoms with E-state index in [0.717, 1.165) is 27.7 Å². The number of benzene rings is 1. The van der Waals surface area contributed by atoms with Gasteiger partial charge in [-0.25, -0.2) is 15.0 Å². The normalized spacial score (nSPS) is 11.6. The molecule has 1 aromatic carbocycles. The molecule has 0 aliphatic heterocycles. The second kappa shape index (κ2) is 8.23. The van der Waals surface area contributed by atoms with E-state index < -0.39 is 11.7 Å². The van der Waals surface area contributed by atoms with Gasteiger partial charge in [-0.15, -0.1) is 11.3 Å². The standard InChI is InChI=1S/C20H16F3N5OS/c1-12-8-13(4-7-25-18-17-19(27-10-26-18)30-11-28-17)2-3-15(12)29-16-5-6-24-9-14(16)20(21,22)23/h2-3,5-6,8-11H,4,7H2,1H3,(H,25,26,27). The molecule has 0 fully saturated rings. The maximum absolute atomic E-state index is 13.1. The second-order valence-corrected chi connectivity index (χ2v) is 7.31. The first kappa shape index (κ1) is 20.0. The van der Waals surface area contributed by atoms with Crippen LogP contribution < -0.4 is 10.1 Å². The van der Waals surface area contributed by atoms with Gasteiger partial charge in [-0.05, 0) is 36.6 Å². The van der Waals surface area contributed by atoms with Gasteiger partial charge in [0, 0.05) is 18.9 Å². The Morgan fingerprint density at radius 2 is 1.97 bits per heavy atom. The van der Waals surface area contributed by atoms with Crippen molar-refractivity contribution < 1.29 is 17.9 Å². The Bertz CT molecular complexity index is 1180. The van der Waals surface area contributed by atoms with Crippen LogP contribution in [-0.4, -0.2) is 26.5 Å². The van der Waals surface area contributed by atoms with E-state index in [1.165, 1.54) is 29.9 Å². The minimum atomic E-state index is -4.53. The molecule has 0 aliphatic rings. The molecular formula is C20H16F3N5OS. The maximum atomic E-state index is 13.1. The van der Waals surface area contributed by atoms with Crippen LogP contribution in [0.15, 0.2) is 48.5 Å². The zero-order valence-corrected chi connectivity index (χ0v) is 16.6. The molecule has 0 bridgehead atoms. The van der Waals surface area contributed by atoms with Crippen LogP contribution in [-0.2, 0) is 12.6 Å². The summed E-state index contributed by atoms with van der Waals surface area (Å²) in [5.41, 5.74) is 3.30. The van der Waals surface area contributed by atoms with E-state index in [2.05, 4.69) is 25.3 Å². The highest BCUT2D eigenvalue weighted by molar-refractivity contribution is 7.16. The predicted octanol–water partition coefficient (Wildman–Crippen LogP) is 5.26. The molecule has 30 heavy (non-hydrogen) atoms. The van der Waals surface area contributed by atoms with Gasteiger partial charge < -0.3 is 10.1 Å². The van der Waals surface area contributed by atoms with Crippen molar-refractivity contribution in [2.45, 2.75) is 19.5 Å². The largest absolute Gasteiger partial charge is 0.456 e. The van der Waals surface area contributed by atoms with Crippen LogP contribution in [0.25, 0.3) is 10.3 Å². The van der Waals surface area contributed by atoms with Crippen molar-refractivity contribution in [2.24, 2.45) is 0 Å². The summed E-state index contributed by atoms with van der Waals surface area (Å²) < 4.78 is 44.9. The van der Waals surface area contributed by atoms with E-state index in [0.29, 0.717) is 24.5 Å². The van der Waals surface area contributed by atoms with Crippen molar-refractivity contribution in [3.05, 3.63) is 65.2 Å². The number of ether oxygens (including phenoxy) is 1. The first-order valence-corrected chi connectivity index (χ1v) is 9.86. The van der Waals surface area contributed by atoms with Crippen molar-refractivity contribution in [1.29, 1.82) is 0 Å². The number of thiazole rings is 1. The van der Waals surface area contributed by atoms with Crippen LogP contribution in [0.4, 0.5) is 19.0 Å². The molecule has 0 saturated heterocycles. The summed E-state index contributed by atoms with van der Waals surface area (Å²) in [7, 11) is 0. The highest BCUT2D eigenvalue weighted by atomic mass is 32.1. The lowest BCUT2D eigenvalue weighted by molar-refractivity contribution is -0.138. The van der Waals surface area contributed by atoms with Crippen molar-refractivity contribution in [3.63, 3.8) is 0 Å². The number of aryl methyl sites for hydroxylation is 1. The monoisotopic (exact) mass is 431 g/mol. The van der Waals surface area contributed by atoms with E-state index in [-0.39, 0.29) is 5.75 Å².